The smallest absolute Gasteiger partial charge is 0.0931 e. The number of nitrogens with zero attached hydrogens (tertiary/aromatic N) is 2. The summed E-state index contributed by atoms with van der Waals surface area (Å²) in [7, 11) is 2.06. The summed E-state index contributed by atoms with van der Waals surface area (Å²) in [6, 6.07) is 6.38. The highest BCUT2D eigenvalue weighted by molar-refractivity contribution is 7.16. The van der Waals surface area contributed by atoms with Crippen LogP contribution in [0.4, 0.5) is 0 Å². The largest absolute Gasteiger partial charge is 0.300 e. The molecule has 1 saturated carbocycles. The summed E-state index contributed by atoms with van der Waals surface area (Å²) < 4.78 is 0.833. The molecule has 0 aromatic carbocycles. The number of nitriles is 1. The first-order valence-electron chi connectivity index (χ1n) is 4.98. The number of halogens is 1. The van der Waals surface area contributed by atoms with Crippen molar-refractivity contribution in [1.82, 2.24) is 4.90 Å². The quantitative estimate of drug-likeness (QED) is 0.809. The molecule has 0 aliphatic heterocycles. The minimum Gasteiger partial charge on any atom is -0.300 e. The van der Waals surface area contributed by atoms with Crippen LogP contribution in [0.15, 0.2) is 12.1 Å². The van der Waals surface area contributed by atoms with E-state index in [0.717, 1.165) is 30.3 Å². The molecule has 2 rings (SSSR count). The van der Waals surface area contributed by atoms with Gasteiger partial charge in [0.25, 0.3) is 0 Å². The van der Waals surface area contributed by atoms with Crippen LogP contribution in [0.25, 0.3) is 0 Å². The third kappa shape index (κ3) is 2.72. The molecular formula is C11H13ClN2S. The van der Waals surface area contributed by atoms with Gasteiger partial charge in [0.2, 0.25) is 0 Å². The summed E-state index contributed by atoms with van der Waals surface area (Å²) in [6.45, 7) is 1.76. The van der Waals surface area contributed by atoms with E-state index in [4.69, 9.17) is 16.9 Å². The molecule has 0 saturated heterocycles. The first-order chi connectivity index (χ1) is 7.13. The fourth-order valence-corrected chi connectivity index (χ4v) is 2.90. The van der Waals surface area contributed by atoms with Gasteiger partial charge < -0.3 is 0 Å². The Kier molecular flexibility index (Phi) is 3.01. The van der Waals surface area contributed by atoms with Gasteiger partial charge in [-0.1, -0.05) is 11.6 Å². The van der Waals surface area contributed by atoms with E-state index in [1.165, 1.54) is 4.88 Å². The Morgan fingerprint density at radius 2 is 2.33 bits per heavy atom. The van der Waals surface area contributed by atoms with Gasteiger partial charge in [-0.05, 0) is 32.0 Å². The van der Waals surface area contributed by atoms with Gasteiger partial charge in [-0.2, -0.15) is 5.26 Å². The first kappa shape index (κ1) is 10.9. The summed E-state index contributed by atoms with van der Waals surface area (Å²) >= 11 is 7.48. The van der Waals surface area contributed by atoms with Gasteiger partial charge >= 0.3 is 0 Å². The van der Waals surface area contributed by atoms with Gasteiger partial charge in [0.05, 0.1) is 15.8 Å². The van der Waals surface area contributed by atoms with Crippen LogP contribution in [0, 0.1) is 16.7 Å². The van der Waals surface area contributed by atoms with Gasteiger partial charge in [0.15, 0.2) is 0 Å². The molecule has 4 heteroatoms. The van der Waals surface area contributed by atoms with Crippen LogP contribution in [0.1, 0.15) is 17.7 Å². The molecule has 1 aliphatic carbocycles. The minimum absolute atomic E-state index is 0.0458. The minimum atomic E-state index is -0.0458. The van der Waals surface area contributed by atoms with Crippen molar-refractivity contribution in [1.29, 1.82) is 5.26 Å². The molecule has 1 aliphatic rings. The lowest BCUT2D eigenvalue weighted by molar-refractivity contribution is 0.289. The van der Waals surface area contributed by atoms with Crippen molar-refractivity contribution in [2.45, 2.75) is 19.4 Å². The summed E-state index contributed by atoms with van der Waals surface area (Å²) in [5, 5.41) is 8.98. The third-order valence-electron chi connectivity index (χ3n) is 2.72. The highest BCUT2D eigenvalue weighted by Gasteiger charge is 2.43. The number of thiophene rings is 1. The first-order valence-corrected chi connectivity index (χ1v) is 6.17. The molecule has 0 unspecified atom stereocenters. The normalized spacial score (nSPS) is 17.7. The molecule has 1 heterocycles. The van der Waals surface area contributed by atoms with Crippen molar-refractivity contribution in [3.63, 3.8) is 0 Å². The zero-order valence-corrected chi connectivity index (χ0v) is 10.2. The lowest BCUT2D eigenvalue weighted by atomic mass is 10.1. The molecule has 80 valence electrons. The van der Waals surface area contributed by atoms with Gasteiger partial charge in [-0.15, -0.1) is 11.3 Å². The average molecular weight is 241 g/mol. The third-order valence-corrected chi connectivity index (χ3v) is 3.93. The van der Waals surface area contributed by atoms with E-state index in [1.807, 2.05) is 6.07 Å². The Balaban J connectivity index is 1.88. The van der Waals surface area contributed by atoms with E-state index in [2.05, 4.69) is 24.1 Å². The number of hydrogen-bond acceptors (Lipinski definition) is 3. The fraction of sp³-hybridized carbons (Fsp3) is 0.545. The predicted octanol–water partition coefficient (Wildman–Crippen LogP) is 3.14. The monoisotopic (exact) mass is 240 g/mol. The van der Waals surface area contributed by atoms with Crippen molar-refractivity contribution in [3.05, 3.63) is 21.3 Å². The van der Waals surface area contributed by atoms with Gasteiger partial charge in [-0.25, -0.2) is 0 Å². The van der Waals surface area contributed by atoms with Crippen LogP contribution in [-0.2, 0) is 6.54 Å². The Hall–Kier alpha value is -0.560. The number of hydrogen-bond donors (Lipinski definition) is 0. The molecule has 0 bridgehead atoms. The van der Waals surface area contributed by atoms with Crippen molar-refractivity contribution >= 4 is 22.9 Å². The van der Waals surface area contributed by atoms with Gasteiger partial charge in [-0.3, -0.25) is 4.90 Å². The van der Waals surface area contributed by atoms with E-state index in [9.17, 15) is 0 Å². The average Bonchev–Trinajstić information content (AvgIpc) is 2.84. The Morgan fingerprint density at radius 1 is 1.60 bits per heavy atom. The van der Waals surface area contributed by atoms with Gasteiger partial charge in [0.1, 0.15) is 0 Å². The Morgan fingerprint density at radius 3 is 2.80 bits per heavy atom. The zero-order valence-electron chi connectivity index (χ0n) is 8.66. The number of rotatable bonds is 4. The highest BCUT2D eigenvalue weighted by Crippen LogP contribution is 2.45. The second kappa shape index (κ2) is 4.13. The van der Waals surface area contributed by atoms with Crippen molar-refractivity contribution < 1.29 is 0 Å². The predicted molar refractivity (Wildman–Crippen MR) is 62.9 cm³/mol. The summed E-state index contributed by atoms with van der Waals surface area (Å²) in [5.74, 6) is 0. The van der Waals surface area contributed by atoms with E-state index in [1.54, 1.807) is 11.3 Å². The van der Waals surface area contributed by atoms with Crippen LogP contribution in [0.3, 0.4) is 0 Å². The standard InChI is InChI=1S/C11H13ClN2S/c1-14(8-11(7-13)4-5-11)6-9-2-3-10(12)15-9/h2-3H,4-6,8H2,1H3. The van der Waals surface area contributed by atoms with Crippen LogP contribution in [0.5, 0.6) is 0 Å². The fourth-order valence-electron chi connectivity index (χ4n) is 1.73. The lowest BCUT2D eigenvalue weighted by Crippen LogP contribution is -2.25. The summed E-state index contributed by atoms with van der Waals surface area (Å²) in [4.78, 5) is 3.47. The summed E-state index contributed by atoms with van der Waals surface area (Å²) in [5.41, 5.74) is -0.0458. The SMILES string of the molecule is CN(Cc1ccc(Cl)s1)CC1(C#N)CC1. The molecular weight excluding hydrogens is 228 g/mol. The maximum Gasteiger partial charge on any atom is 0.0931 e. The molecule has 1 fully saturated rings. The van der Waals surface area contributed by atoms with Crippen LogP contribution < -0.4 is 0 Å². The lowest BCUT2D eigenvalue weighted by Gasteiger charge is -2.18. The van der Waals surface area contributed by atoms with Crippen molar-refractivity contribution in [2.75, 3.05) is 13.6 Å². The Bertz CT molecular complexity index is 390. The molecule has 0 radical (unpaired) electrons. The summed E-state index contributed by atoms with van der Waals surface area (Å²) in [6.07, 6.45) is 2.11. The molecule has 15 heavy (non-hydrogen) atoms. The van der Waals surface area contributed by atoms with Crippen molar-refractivity contribution in [2.24, 2.45) is 5.41 Å². The molecule has 1 aromatic heterocycles. The van der Waals surface area contributed by atoms with Crippen LogP contribution in [0.2, 0.25) is 4.34 Å². The van der Waals surface area contributed by atoms with E-state index < -0.39 is 0 Å². The molecule has 0 N–H and O–H groups in total. The maximum absolute atomic E-state index is 8.98. The second-order valence-electron chi connectivity index (χ2n) is 4.27. The van der Waals surface area contributed by atoms with Gasteiger partial charge in [0, 0.05) is 18.0 Å². The van der Waals surface area contributed by atoms with E-state index >= 15 is 0 Å². The zero-order chi connectivity index (χ0) is 10.9. The molecule has 0 spiro atoms. The van der Waals surface area contributed by atoms with Crippen molar-refractivity contribution in [3.8, 4) is 6.07 Å². The molecule has 0 atom stereocenters. The molecule has 1 aromatic rings. The van der Waals surface area contributed by atoms with E-state index in [0.29, 0.717) is 0 Å². The van der Waals surface area contributed by atoms with Crippen LogP contribution in [-0.4, -0.2) is 18.5 Å². The Labute approximate surface area is 99.1 Å². The van der Waals surface area contributed by atoms with E-state index in [-0.39, 0.29) is 5.41 Å². The topological polar surface area (TPSA) is 27.0 Å². The molecule has 0 amide bonds. The highest BCUT2D eigenvalue weighted by atomic mass is 35.5. The second-order valence-corrected chi connectivity index (χ2v) is 6.07. The maximum atomic E-state index is 8.98. The molecule has 2 nitrogen and oxygen atoms in total. The van der Waals surface area contributed by atoms with Crippen LogP contribution >= 0.6 is 22.9 Å².